The quantitative estimate of drug-likeness (QED) is 0.269. The summed E-state index contributed by atoms with van der Waals surface area (Å²) in [5, 5.41) is 3.24. The van der Waals surface area contributed by atoms with Crippen molar-refractivity contribution < 1.29 is 18.0 Å². The molecule has 3 aromatic rings. The molecule has 0 aromatic heterocycles. The fourth-order valence-corrected chi connectivity index (χ4v) is 5.79. The minimum atomic E-state index is -4.23. The maximum atomic E-state index is 13.9. The zero-order valence-electron chi connectivity index (χ0n) is 22.2. The van der Waals surface area contributed by atoms with E-state index in [9.17, 15) is 18.0 Å². The van der Waals surface area contributed by atoms with Crippen LogP contribution < -0.4 is 9.62 Å². The van der Waals surface area contributed by atoms with Crippen LogP contribution in [0.15, 0.2) is 77.7 Å². The largest absolute Gasteiger partial charge is 0.354 e. The van der Waals surface area contributed by atoms with E-state index in [2.05, 4.69) is 5.32 Å². The Morgan fingerprint density at radius 2 is 1.64 bits per heavy atom. The van der Waals surface area contributed by atoms with E-state index < -0.39 is 28.5 Å². The van der Waals surface area contributed by atoms with Crippen LogP contribution in [0.1, 0.15) is 37.8 Å². The van der Waals surface area contributed by atoms with Gasteiger partial charge in [0.05, 0.1) is 15.6 Å². The van der Waals surface area contributed by atoms with Gasteiger partial charge in [0, 0.05) is 18.1 Å². The molecule has 0 aliphatic carbocycles. The molecule has 0 radical (unpaired) electrons. The van der Waals surface area contributed by atoms with Gasteiger partial charge in [-0.25, -0.2) is 8.42 Å². The fraction of sp³-hybridized carbons (Fsp3) is 0.310. The average Bonchev–Trinajstić information content (AvgIpc) is 2.92. The number of benzene rings is 3. The molecule has 0 saturated heterocycles. The first-order valence-electron chi connectivity index (χ1n) is 12.7. The van der Waals surface area contributed by atoms with Gasteiger partial charge in [-0.1, -0.05) is 84.6 Å². The number of sulfonamides is 1. The molecule has 39 heavy (non-hydrogen) atoms. The van der Waals surface area contributed by atoms with Crippen LogP contribution in [0, 0.1) is 6.92 Å². The van der Waals surface area contributed by atoms with Gasteiger partial charge in [-0.3, -0.25) is 13.9 Å². The van der Waals surface area contributed by atoms with E-state index in [0.717, 1.165) is 28.3 Å². The molecule has 0 fully saturated rings. The van der Waals surface area contributed by atoms with Gasteiger partial charge in [-0.15, -0.1) is 0 Å². The number of nitrogens with zero attached hydrogens (tertiary/aromatic N) is 2. The first kappa shape index (κ1) is 30.5. The number of unbranched alkanes of at least 4 members (excludes halogenated alkanes) is 1. The predicted octanol–water partition coefficient (Wildman–Crippen LogP) is 5.83. The number of amides is 2. The van der Waals surface area contributed by atoms with E-state index in [-0.39, 0.29) is 33.1 Å². The molecule has 7 nitrogen and oxygen atoms in total. The van der Waals surface area contributed by atoms with Crippen molar-refractivity contribution >= 4 is 50.7 Å². The van der Waals surface area contributed by atoms with Crippen LogP contribution in [0.3, 0.4) is 0 Å². The Morgan fingerprint density at radius 3 is 2.28 bits per heavy atom. The second-order valence-corrected chi connectivity index (χ2v) is 12.0. The van der Waals surface area contributed by atoms with Crippen molar-refractivity contribution in [1.82, 2.24) is 10.2 Å². The van der Waals surface area contributed by atoms with E-state index in [4.69, 9.17) is 23.2 Å². The number of hydrogen-bond acceptors (Lipinski definition) is 4. The first-order chi connectivity index (χ1) is 18.5. The average molecular weight is 591 g/mol. The molecule has 0 unspecified atom stereocenters. The second kappa shape index (κ2) is 13.8. The molecule has 0 bridgehead atoms. The lowest BCUT2D eigenvalue weighted by atomic mass is 10.1. The lowest BCUT2D eigenvalue weighted by molar-refractivity contribution is -0.139. The van der Waals surface area contributed by atoms with Crippen LogP contribution in [0.5, 0.6) is 0 Å². The number of hydrogen-bond donors (Lipinski definition) is 1. The van der Waals surface area contributed by atoms with E-state index in [1.165, 1.54) is 35.2 Å². The topological polar surface area (TPSA) is 86.8 Å². The summed E-state index contributed by atoms with van der Waals surface area (Å²) >= 11 is 12.6. The summed E-state index contributed by atoms with van der Waals surface area (Å²) in [7, 11) is -4.23. The van der Waals surface area contributed by atoms with Crippen LogP contribution in [0.4, 0.5) is 5.69 Å². The maximum absolute atomic E-state index is 13.9. The highest BCUT2D eigenvalue weighted by Crippen LogP contribution is 2.33. The summed E-state index contributed by atoms with van der Waals surface area (Å²) in [6.07, 6.45) is 1.72. The molecule has 1 N–H and O–H groups in total. The Balaban J connectivity index is 2.03. The molecule has 3 aromatic carbocycles. The van der Waals surface area contributed by atoms with Gasteiger partial charge in [-0.05, 0) is 56.2 Å². The van der Waals surface area contributed by atoms with Gasteiger partial charge < -0.3 is 10.2 Å². The van der Waals surface area contributed by atoms with Crippen LogP contribution in [0.25, 0.3) is 0 Å². The first-order valence-corrected chi connectivity index (χ1v) is 14.9. The van der Waals surface area contributed by atoms with Crippen LogP contribution in [0.2, 0.25) is 10.0 Å². The predicted molar refractivity (Wildman–Crippen MR) is 157 cm³/mol. The van der Waals surface area contributed by atoms with Gasteiger partial charge in [0.1, 0.15) is 12.6 Å². The molecule has 10 heteroatoms. The molecular weight excluding hydrogens is 557 g/mol. The van der Waals surface area contributed by atoms with Crippen molar-refractivity contribution in [2.45, 2.75) is 51.1 Å². The fourth-order valence-electron chi connectivity index (χ4n) is 3.93. The third-order valence-corrected chi connectivity index (χ3v) is 8.59. The molecule has 0 aliphatic rings. The number of carbonyl (C=O) groups is 2. The molecule has 0 spiro atoms. The van der Waals surface area contributed by atoms with E-state index in [1.54, 1.807) is 19.1 Å². The highest BCUT2D eigenvalue weighted by Gasteiger charge is 2.33. The summed E-state index contributed by atoms with van der Waals surface area (Å²) in [6, 6.07) is 19.1. The number of aryl methyl sites for hydroxylation is 1. The van der Waals surface area contributed by atoms with Crippen molar-refractivity contribution in [2.75, 3.05) is 17.4 Å². The number of nitrogens with one attached hydrogen (secondary N) is 1. The second-order valence-electron chi connectivity index (χ2n) is 9.25. The summed E-state index contributed by atoms with van der Waals surface area (Å²) < 4.78 is 28.7. The Morgan fingerprint density at radius 1 is 0.974 bits per heavy atom. The van der Waals surface area contributed by atoms with E-state index in [0.29, 0.717) is 6.54 Å². The summed E-state index contributed by atoms with van der Waals surface area (Å²) in [5.41, 5.74) is 1.75. The van der Waals surface area contributed by atoms with Gasteiger partial charge in [0.25, 0.3) is 10.0 Å². The Labute approximate surface area is 240 Å². The van der Waals surface area contributed by atoms with Crippen molar-refractivity contribution in [3.63, 3.8) is 0 Å². The zero-order valence-corrected chi connectivity index (χ0v) is 24.6. The van der Waals surface area contributed by atoms with E-state index in [1.807, 2.05) is 44.2 Å². The van der Waals surface area contributed by atoms with Gasteiger partial charge in [-0.2, -0.15) is 0 Å². The number of carbonyl (C=O) groups excluding carboxylic acids is 2. The lowest BCUT2D eigenvalue weighted by Crippen LogP contribution is -2.51. The van der Waals surface area contributed by atoms with Crippen molar-refractivity contribution in [3.8, 4) is 0 Å². The number of rotatable bonds is 12. The minimum absolute atomic E-state index is 0.00286. The van der Waals surface area contributed by atoms with Crippen LogP contribution >= 0.6 is 23.2 Å². The Kier molecular flexibility index (Phi) is 10.8. The van der Waals surface area contributed by atoms with Gasteiger partial charge in [0.15, 0.2) is 0 Å². The number of anilines is 1. The third kappa shape index (κ3) is 7.97. The molecule has 1 atom stereocenters. The van der Waals surface area contributed by atoms with Crippen LogP contribution in [-0.2, 0) is 26.2 Å². The third-order valence-electron chi connectivity index (χ3n) is 6.26. The molecule has 2 amide bonds. The number of halogens is 2. The molecule has 0 saturated carbocycles. The maximum Gasteiger partial charge on any atom is 0.264 e. The lowest BCUT2D eigenvalue weighted by Gasteiger charge is -2.32. The van der Waals surface area contributed by atoms with Crippen molar-refractivity contribution in [1.29, 1.82) is 0 Å². The molecular formula is C29H33Cl2N3O4S. The van der Waals surface area contributed by atoms with Crippen LogP contribution in [-0.4, -0.2) is 44.3 Å². The standard InChI is InChI=1S/C29H33Cl2N3O4S/c1-4-5-17-32-29(36)22(3)33(19-23-9-7-6-8-10-23)28(35)20-34(27-18-24(30)13-16-26(27)31)39(37,38)25-14-11-21(2)12-15-25/h6-16,18,22H,4-5,17,19-20H2,1-3H3,(H,32,36)/t22-/m0/s1. The Bertz CT molecular complexity index is 1380. The molecule has 0 aliphatic heterocycles. The summed E-state index contributed by atoms with van der Waals surface area (Å²) in [6.45, 7) is 5.51. The smallest absolute Gasteiger partial charge is 0.264 e. The summed E-state index contributed by atoms with van der Waals surface area (Å²) in [5.74, 6) is -0.884. The van der Waals surface area contributed by atoms with Crippen molar-refractivity contribution in [2.24, 2.45) is 0 Å². The van der Waals surface area contributed by atoms with Crippen molar-refractivity contribution in [3.05, 3.63) is 94.0 Å². The molecule has 0 heterocycles. The summed E-state index contributed by atoms with van der Waals surface area (Å²) in [4.78, 5) is 28.3. The highest BCUT2D eigenvalue weighted by atomic mass is 35.5. The Hall–Kier alpha value is -3.07. The van der Waals surface area contributed by atoms with E-state index >= 15 is 0 Å². The highest BCUT2D eigenvalue weighted by molar-refractivity contribution is 7.92. The van der Waals surface area contributed by atoms with Gasteiger partial charge >= 0.3 is 0 Å². The van der Waals surface area contributed by atoms with Gasteiger partial charge in [0.2, 0.25) is 11.8 Å². The molecule has 3 rings (SSSR count). The minimum Gasteiger partial charge on any atom is -0.354 e. The zero-order chi connectivity index (χ0) is 28.6. The monoisotopic (exact) mass is 589 g/mol. The normalized spacial score (nSPS) is 12.0. The SMILES string of the molecule is CCCCNC(=O)[C@H](C)N(Cc1ccccc1)C(=O)CN(c1cc(Cl)ccc1Cl)S(=O)(=O)c1ccc(C)cc1. The molecule has 208 valence electrons.